The van der Waals surface area contributed by atoms with Crippen molar-refractivity contribution < 1.29 is 4.79 Å². The second-order valence-corrected chi connectivity index (χ2v) is 6.31. The minimum absolute atomic E-state index is 0.0732. The van der Waals surface area contributed by atoms with Crippen LogP contribution < -0.4 is 5.32 Å². The lowest BCUT2D eigenvalue weighted by atomic mass is 9.70. The Morgan fingerprint density at radius 1 is 1.25 bits per heavy atom. The number of hydrogen-bond donors (Lipinski definition) is 1. The summed E-state index contributed by atoms with van der Waals surface area (Å²) in [6, 6.07) is 6.43. The molecule has 0 unspecified atom stereocenters. The lowest BCUT2D eigenvalue weighted by Gasteiger charge is -2.36. The molecule has 1 aliphatic rings. The van der Waals surface area contributed by atoms with Crippen molar-refractivity contribution in [1.82, 2.24) is 5.32 Å². The van der Waals surface area contributed by atoms with Crippen LogP contribution in [-0.2, 0) is 11.2 Å². The Balaban J connectivity index is 2.18. The van der Waals surface area contributed by atoms with Crippen LogP contribution in [0.5, 0.6) is 0 Å². The molecular formula is C18H27NO. The van der Waals surface area contributed by atoms with Crippen molar-refractivity contribution >= 4 is 5.78 Å². The molecule has 0 aliphatic carbocycles. The van der Waals surface area contributed by atoms with E-state index in [0.29, 0.717) is 12.2 Å². The zero-order valence-corrected chi connectivity index (χ0v) is 13.1. The largest absolute Gasteiger partial charge is 0.317 e. The zero-order valence-electron chi connectivity index (χ0n) is 13.1. The Hall–Kier alpha value is -1.15. The number of ketones is 1. The molecule has 1 aliphatic heterocycles. The minimum atomic E-state index is -0.0732. The Bertz CT molecular complexity index is 467. The molecule has 0 aromatic heterocycles. The zero-order chi connectivity index (χ0) is 14.6. The summed E-state index contributed by atoms with van der Waals surface area (Å²) in [4.78, 5) is 12.9. The van der Waals surface area contributed by atoms with E-state index in [-0.39, 0.29) is 5.41 Å². The molecule has 1 heterocycles. The van der Waals surface area contributed by atoms with E-state index in [2.05, 4.69) is 44.3 Å². The van der Waals surface area contributed by atoms with Crippen LogP contribution in [0.3, 0.4) is 0 Å². The van der Waals surface area contributed by atoms with Crippen molar-refractivity contribution in [1.29, 1.82) is 0 Å². The summed E-state index contributed by atoms with van der Waals surface area (Å²) < 4.78 is 0. The van der Waals surface area contributed by atoms with E-state index < -0.39 is 0 Å². The fourth-order valence-corrected chi connectivity index (χ4v) is 3.40. The highest BCUT2D eigenvalue weighted by Gasteiger charge is 2.37. The average Bonchev–Trinajstić information content (AvgIpc) is 2.44. The van der Waals surface area contributed by atoms with Gasteiger partial charge in [0.05, 0.1) is 0 Å². The second kappa shape index (κ2) is 6.53. The summed E-state index contributed by atoms with van der Waals surface area (Å²) in [5, 5.41) is 3.38. The molecule has 2 rings (SSSR count). The van der Waals surface area contributed by atoms with Gasteiger partial charge in [-0.3, -0.25) is 4.79 Å². The van der Waals surface area contributed by atoms with E-state index in [0.717, 1.165) is 38.8 Å². The molecule has 0 radical (unpaired) electrons. The monoisotopic (exact) mass is 273 g/mol. The van der Waals surface area contributed by atoms with Gasteiger partial charge in [0.2, 0.25) is 0 Å². The summed E-state index contributed by atoms with van der Waals surface area (Å²) in [5.41, 5.74) is 3.62. The van der Waals surface area contributed by atoms with Gasteiger partial charge in [-0.1, -0.05) is 37.1 Å². The molecule has 0 amide bonds. The van der Waals surface area contributed by atoms with Crippen molar-refractivity contribution in [3.8, 4) is 0 Å². The third-order valence-corrected chi connectivity index (χ3v) is 4.74. The van der Waals surface area contributed by atoms with E-state index in [1.165, 1.54) is 16.7 Å². The van der Waals surface area contributed by atoms with Gasteiger partial charge in [-0.25, -0.2) is 0 Å². The average molecular weight is 273 g/mol. The number of carbonyl (C=O) groups excluding carboxylic acids is 1. The molecule has 20 heavy (non-hydrogen) atoms. The molecule has 1 aromatic rings. The number of Topliss-reactive ketones (excluding diaryl/α,β-unsaturated/α-hetero) is 1. The molecule has 2 heteroatoms. The maximum atomic E-state index is 12.9. The first-order valence-electron chi connectivity index (χ1n) is 7.87. The van der Waals surface area contributed by atoms with Crippen LogP contribution in [0.4, 0.5) is 0 Å². The van der Waals surface area contributed by atoms with Gasteiger partial charge >= 0.3 is 0 Å². The van der Waals surface area contributed by atoms with Crippen LogP contribution >= 0.6 is 0 Å². The number of carbonyl (C=O) groups is 1. The van der Waals surface area contributed by atoms with Crippen LogP contribution in [0, 0.1) is 19.3 Å². The SMILES string of the molecule is CCCC1(C(=O)Cc2cc(C)ccc2C)CCNCC1. The summed E-state index contributed by atoms with van der Waals surface area (Å²) in [5.74, 6) is 0.453. The highest BCUT2D eigenvalue weighted by atomic mass is 16.1. The smallest absolute Gasteiger partial charge is 0.143 e. The van der Waals surface area contributed by atoms with Gasteiger partial charge in [0.1, 0.15) is 5.78 Å². The number of hydrogen-bond acceptors (Lipinski definition) is 2. The molecule has 0 bridgehead atoms. The number of benzene rings is 1. The quantitative estimate of drug-likeness (QED) is 0.888. The first kappa shape index (κ1) is 15.2. The topological polar surface area (TPSA) is 29.1 Å². The van der Waals surface area contributed by atoms with Crippen molar-refractivity contribution in [3.05, 3.63) is 34.9 Å². The van der Waals surface area contributed by atoms with Gasteiger partial charge in [0.15, 0.2) is 0 Å². The van der Waals surface area contributed by atoms with Crippen LogP contribution in [0.15, 0.2) is 18.2 Å². The first-order valence-corrected chi connectivity index (χ1v) is 7.87. The Labute approximate surface area is 123 Å². The van der Waals surface area contributed by atoms with E-state index in [1.807, 2.05) is 0 Å². The van der Waals surface area contributed by atoms with E-state index in [4.69, 9.17) is 0 Å². The highest BCUT2D eigenvalue weighted by Crippen LogP contribution is 2.36. The predicted octanol–water partition coefficient (Wildman–Crippen LogP) is 3.58. The fraction of sp³-hybridized carbons (Fsp3) is 0.611. The minimum Gasteiger partial charge on any atom is -0.317 e. The van der Waals surface area contributed by atoms with Crippen molar-refractivity contribution in [3.63, 3.8) is 0 Å². The molecule has 0 atom stereocenters. The maximum absolute atomic E-state index is 12.9. The van der Waals surface area contributed by atoms with Crippen LogP contribution in [0.25, 0.3) is 0 Å². The van der Waals surface area contributed by atoms with Gasteiger partial charge in [-0.15, -0.1) is 0 Å². The standard InChI is InChI=1S/C18H27NO/c1-4-7-18(8-10-19-11-9-18)17(20)13-16-12-14(2)5-6-15(16)3/h5-6,12,19H,4,7-11,13H2,1-3H3. The Morgan fingerprint density at radius 2 is 1.95 bits per heavy atom. The molecule has 110 valence electrons. The maximum Gasteiger partial charge on any atom is 0.143 e. The van der Waals surface area contributed by atoms with E-state index in [1.54, 1.807) is 0 Å². The third-order valence-electron chi connectivity index (χ3n) is 4.74. The Kier molecular flexibility index (Phi) is 4.98. The summed E-state index contributed by atoms with van der Waals surface area (Å²) in [6.07, 6.45) is 4.75. The van der Waals surface area contributed by atoms with Crippen molar-refractivity contribution in [2.45, 2.75) is 52.9 Å². The summed E-state index contributed by atoms with van der Waals surface area (Å²) in [7, 11) is 0. The predicted molar refractivity (Wildman–Crippen MR) is 84.1 cm³/mol. The van der Waals surface area contributed by atoms with Gasteiger partial charge in [-0.05, 0) is 57.3 Å². The second-order valence-electron chi connectivity index (χ2n) is 6.31. The van der Waals surface area contributed by atoms with Gasteiger partial charge < -0.3 is 5.32 Å². The molecule has 1 fully saturated rings. The van der Waals surface area contributed by atoms with Crippen molar-refractivity contribution in [2.24, 2.45) is 5.41 Å². The first-order chi connectivity index (χ1) is 9.57. The normalized spacial score (nSPS) is 17.9. The number of aryl methyl sites for hydroxylation is 2. The molecule has 2 nitrogen and oxygen atoms in total. The molecule has 1 aromatic carbocycles. The third kappa shape index (κ3) is 3.29. The van der Waals surface area contributed by atoms with Gasteiger partial charge in [0, 0.05) is 11.8 Å². The van der Waals surface area contributed by atoms with E-state index >= 15 is 0 Å². The van der Waals surface area contributed by atoms with E-state index in [9.17, 15) is 4.79 Å². The summed E-state index contributed by atoms with van der Waals surface area (Å²) in [6.45, 7) is 8.36. The molecular weight excluding hydrogens is 246 g/mol. The number of nitrogens with one attached hydrogen (secondary N) is 1. The fourth-order valence-electron chi connectivity index (χ4n) is 3.40. The van der Waals surface area contributed by atoms with Crippen LogP contribution in [-0.4, -0.2) is 18.9 Å². The molecule has 1 saturated heterocycles. The van der Waals surface area contributed by atoms with Crippen molar-refractivity contribution in [2.75, 3.05) is 13.1 Å². The lowest BCUT2D eigenvalue weighted by Crippen LogP contribution is -2.42. The van der Waals surface area contributed by atoms with Crippen LogP contribution in [0.1, 0.15) is 49.3 Å². The van der Waals surface area contributed by atoms with Gasteiger partial charge in [0.25, 0.3) is 0 Å². The number of rotatable bonds is 5. The lowest BCUT2D eigenvalue weighted by molar-refractivity contribution is -0.130. The Morgan fingerprint density at radius 3 is 2.60 bits per heavy atom. The highest BCUT2D eigenvalue weighted by molar-refractivity contribution is 5.87. The summed E-state index contributed by atoms with van der Waals surface area (Å²) >= 11 is 0. The molecule has 0 saturated carbocycles. The number of piperidine rings is 1. The molecule has 1 N–H and O–H groups in total. The van der Waals surface area contributed by atoms with Crippen LogP contribution in [0.2, 0.25) is 0 Å². The van der Waals surface area contributed by atoms with Gasteiger partial charge in [-0.2, -0.15) is 0 Å². The molecule has 0 spiro atoms.